The maximum absolute atomic E-state index is 12.9. The minimum atomic E-state index is -0.777. The Labute approximate surface area is 465 Å². The van der Waals surface area contributed by atoms with Crippen molar-refractivity contribution in [1.29, 1.82) is 0 Å². The van der Waals surface area contributed by atoms with Crippen molar-refractivity contribution >= 4 is 17.9 Å². The Morgan fingerprint density at radius 1 is 0.280 bits per heavy atom. The molecular formula is C69H122O6. The molecule has 0 aliphatic rings. The molecule has 0 heterocycles. The zero-order chi connectivity index (χ0) is 54.3. The fourth-order valence-electron chi connectivity index (χ4n) is 9.35. The van der Waals surface area contributed by atoms with Crippen LogP contribution in [0.1, 0.15) is 329 Å². The minimum Gasteiger partial charge on any atom is -0.462 e. The second kappa shape index (κ2) is 63.4. The van der Waals surface area contributed by atoms with Gasteiger partial charge in [0.25, 0.3) is 0 Å². The predicted octanol–water partition coefficient (Wildman–Crippen LogP) is 22.1. The van der Waals surface area contributed by atoms with Gasteiger partial charge in [0.2, 0.25) is 0 Å². The summed E-state index contributed by atoms with van der Waals surface area (Å²) in [5, 5.41) is 0. The number of esters is 3. The van der Waals surface area contributed by atoms with E-state index in [1.165, 1.54) is 199 Å². The molecule has 434 valence electrons. The summed E-state index contributed by atoms with van der Waals surface area (Å²) in [6, 6.07) is 0. The maximum atomic E-state index is 12.9. The number of carbonyl (C=O) groups excluding carboxylic acids is 3. The lowest BCUT2D eigenvalue weighted by molar-refractivity contribution is -0.167. The molecule has 1 unspecified atom stereocenters. The van der Waals surface area contributed by atoms with E-state index in [4.69, 9.17) is 14.2 Å². The smallest absolute Gasteiger partial charge is 0.306 e. The van der Waals surface area contributed by atoms with Crippen molar-refractivity contribution in [1.82, 2.24) is 0 Å². The zero-order valence-electron chi connectivity index (χ0n) is 49.8. The highest BCUT2D eigenvalue weighted by Crippen LogP contribution is 2.17. The Morgan fingerprint density at radius 2 is 0.520 bits per heavy atom. The summed E-state index contributed by atoms with van der Waals surface area (Å²) in [7, 11) is 0. The van der Waals surface area contributed by atoms with Crippen LogP contribution in [-0.2, 0) is 28.6 Å². The van der Waals surface area contributed by atoms with Gasteiger partial charge < -0.3 is 14.2 Å². The van der Waals surface area contributed by atoms with Crippen LogP contribution < -0.4 is 0 Å². The van der Waals surface area contributed by atoms with E-state index in [1.807, 2.05) is 0 Å². The summed E-state index contributed by atoms with van der Waals surface area (Å²) in [6.45, 7) is 6.54. The monoisotopic (exact) mass is 1050 g/mol. The minimum absolute atomic E-state index is 0.0740. The molecule has 6 nitrogen and oxygen atoms in total. The highest BCUT2D eigenvalue weighted by Gasteiger charge is 2.19. The summed E-state index contributed by atoms with van der Waals surface area (Å²) < 4.78 is 16.9. The average molecular weight is 1050 g/mol. The highest BCUT2D eigenvalue weighted by atomic mass is 16.6. The van der Waals surface area contributed by atoms with Gasteiger partial charge in [-0.05, 0) is 89.9 Å². The molecule has 0 rings (SSSR count). The van der Waals surface area contributed by atoms with Gasteiger partial charge in [0.15, 0.2) is 6.10 Å². The molecule has 0 aromatic heterocycles. The summed E-state index contributed by atoms with van der Waals surface area (Å²) in [5.41, 5.74) is 0. The summed E-state index contributed by atoms with van der Waals surface area (Å²) >= 11 is 0. The number of rotatable bonds is 59. The first-order valence-corrected chi connectivity index (χ1v) is 32.4. The Kier molecular flexibility index (Phi) is 60.7. The molecule has 6 heteroatoms. The van der Waals surface area contributed by atoms with Crippen molar-refractivity contribution in [3.8, 4) is 0 Å². The third-order valence-corrected chi connectivity index (χ3v) is 14.2. The van der Waals surface area contributed by atoms with Gasteiger partial charge in [-0.25, -0.2) is 0 Å². The maximum Gasteiger partial charge on any atom is 0.306 e. The van der Waals surface area contributed by atoms with Crippen molar-refractivity contribution in [2.75, 3.05) is 13.2 Å². The zero-order valence-corrected chi connectivity index (χ0v) is 49.8. The van der Waals surface area contributed by atoms with Crippen molar-refractivity contribution in [3.05, 3.63) is 72.9 Å². The molecule has 75 heavy (non-hydrogen) atoms. The summed E-state index contributed by atoms with van der Waals surface area (Å²) in [4.78, 5) is 38.3. The van der Waals surface area contributed by atoms with Crippen LogP contribution in [0.4, 0.5) is 0 Å². The molecule has 0 amide bonds. The molecular weight excluding hydrogens is 925 g/mol. The molecule has 1 atom stereocenters. The lowest BCUT2D eigenvalue weighted by Crippen LogP contribution is -2.30. The first-order valence-electron chi connectivity index (χ1n) is 32.4. The third kappa shape index (κ3) is 61.6. The van der Waals surface area contributed by atoms with Gasteiger partial charge in [-0.1, -0.05) is 293 Å². The molecule has 0 aliphatic carbocycles. The molecule has 0 fully saturated rings. The van der Waals surface area contributed by atoms with Crippen LogP contribution in [0.2, 0.25) is 0 Å². The van der Waals surface area contributed by atoms with Gasteiger partial charge in [0, 0.05) is 19.3 Å². The van der Waals surface area contributed by atoms with Gasteiger partial charge >= 0.3 is 17.9 Å². The van der Waals surface area contributed by atoms with Crippen molar-refractivity contribution in [2.45, 2.75) is 335 Å². The summed E-state index contributed by atoms with van der Waals surface area (Å²) in [6.07, 6.45) is 81.9. The molecule has 0 spiro atoms. The Bertz CT molecular complexity index is 1390. The van der Waals surface area contributed by atoms with Crippen molar-refractivity contribution in [2.24, 2.45) is 0 Å². The first kappa shape index (κ1) is 71.8. The van der Waals surface area contributed by atoms with Crippen LogP contribution in [0.25, 0.3) is 0 Å². The largest absolute Gasteiger partial charge is 0.462 e. The van der Waals surface area contributed by atoms with E-state index in [9.17, 15) is 14.4 Å². The molecule has 0 N–H and O–H groups in total. The van der Waals surface area contributed by atoms with E-state index < -0.39 is 6.10 Å². The van der Waals surface area contributed by atoms with Crippen LogP contribution in [0.3, 0.4) is 0 Å². The summed E-state index contributed by atoms with van der Waals surface area (Å²) in [5.74, 6) is -0.865. The molecule has 0 saturated heterocycles. The molecule has 0 bridgehead atoms. The normalized spacial score (nSPS) is 12.5. The molecule has 0 radical (unpaired) electrons. The van der Waals surface area contributed by atoms with E-state index in [0.717, 1.165) is 89.9 Å². The number of allylic oxidation sites excluding steroid dienone is 12. The number of carbonyl (C=O) groups is 3. The predicted molar refractivity (Wildman–Crippen MR) is 325 cm³/mol. The number of unbranched alkanes of at least 4 members (excludes halogenated alkanes) is 36. The van der Waals surface area contributed by atoms with Gasteiger partial charge in [0.1, 0.15) is 13.2 Å². The first-order chi connectivity index (χ1) is 37.0. The second-order valence-electron chi connectivity index (χ2n) is 21.6. The van der Waals surface area contributed by atoms with E-state index in [-0.39, 0.29) is 31.1 Å². The third-order valence-electron chi connectivity index (χ3n) is 14.2. The Hall–Kier alpha value is -3.15. The van der Waals surface area contributed by atoms with E-state index in [2.05, 4.69) is 93.7 Å². The molecule has 0 aromatic carbocycles. The Morgan fingerprint density at radius 3 is 0.813 bits per heavy atom. The SMILES string of the molecule is CC/C=C\C/C=C\C/C=C\C/C=C\CCCCCCCCCCCCC(=O)OCC(COC(=O)CCCCCCCCCCCCC)OC(=O)CCCCCCCCCCCCC/C=C\C/C=C\CCCCCCC. The number of hydrogen-bond acceptors (Lipinski definition) is 6. The van der Waals surface area contributed by atoms with Crippen LogP contribution in [0.5, 0.6) is 0 Å². The van der Waals surface area contributed by atoms with Crippen LogP contribution in [-0.4, -0.2) is 37.2 Å². The second-order valence-corrected chi connectivity index (χ2v) is 21.6. The van der Waals surface area contributed by atoms with Gasteiger partial charge in [0.05, 0.1) is 0 Å². The lowest BCUT2D eigenvalue weighted by Gasteiger charge is -2.18. The number of hydrogen-bond donors (Lipinski definition) is 0. The van der Waals surface area contributed by atoms with E-state index in [0.29, 0.717) is 19.3 Å². The van der Waals surface area contributed by atoms with E-state index >= 15 is 0 Å². The topological polar surface area (TPSA) is 78.9 Å². The molecule has 0 aliphatic heterocycles. The average Bonchev–Trinajstić information content (AvgIpc) is 3.41. The van der Waals surface area contributed by atoms with Crippen LogP contribution in [0, 0.1) is 0 Å². The number of ether oxygens (including phenoxy) is 3. The Balaban J connectivity index is 4.27. The fraction of sp³-hybridized carbons (Fsp3) is 0.783. The van der Waals surface area contributed by atoms with Gasteiger partial charge in [-0.15, -0.1) is 0 Å². The van der Waals surface area contributed by atoms with E-state index in [1.54, 1.807) is 0 Å². The molecule has 0 saturated carbocycles. The van der Waals surface area contributed by atoms with Crippen LogP contribution >= 0.6 is 0 Å². The quantitative estimate of drug-likeness (QED) is 0.0261. The standard InChI is InChI=1S/C69H122O6/c1-4-7-10-13-16-19-22-24-26-28-30-32-34-36-38-40-42-44-47-50-53-56-59-62-68(71)74-65-66(64-73-67(70)61-58-55-52-49-46-21-18-15-12-9-6-3)75-69(72)63-60-57-54-51-48-45-43-41-39-37-35-33-31-29-27-25-23-20-17-14-11-8-5-2/h7,10,16,19,23-26,29-32,66H,4-6,8-9,11-15,17-18,20-22,27-28,33-65H2,1-3H3/b10-7-,19-16-,25-23-,26-24-,31-29-,32-30-. The van der Waals surface area contributed by atoms with Gasteiger partial charge in [-0.3, -0.25) is 14.4 Å². The van der Waals surface area contributed by atoms with Crippen LogP contribution in [0.15, 0.2) is 72.9 Å². The lowest BCUT2D eigenvalue weighted by atomic mass is 10.0. The molecule has 0 aromatic rings. The fourth-order valence-corrected chi connectivity index (χ4v) is 9.35. The van der Waals surface area contributed by atoms with Crippen molar-refractivity contribution < 1.29 is 28.6 Å². The van der Waals surface area contributed by atoms with Crippen molar-refractivity contribution in [3.63, 3.8) is 0 Å². The highest BCUT2D eigenvalue weighted by molar-refractivity contribution is 5.71. The van der Waals surface area contributed by atoms with Gasteiger partial charge in [-0.2, -0.15) is 0 Å².